The molecular weight excluding hydrogens is 337 g/mol. The number of hydrogen-bond donors (Lipinski definition) is 1. The van der Waals surface area contributed by atoms with Crippen molar-refractivity contribution in [2.24, 2.45) is 0 Å². The van der Waals surface area contributed by atoms with E-state index in [2.05, 4.69) is 27.3 Å². The van der Waals surface area contributed by atoms with E-state index in [9.17, 15) is 4.39 Å². The van der Waals surface area contributed by atoms with Crippen molar-refractivity contribution in [2.45, 2.75) is 13.0 Å². The molecule has 1 heterocycles. The summed E-state index contributed by atoms with van der Waals surface area (Å²) in [6.45, 7) is 1.43. The normalized spacial score (nSPS) is 10.8. The van der Waals surface area contributed by atoms with Crippen LogP contribution >= 0.6 is 38.9 Å². The monoisotopic (exact) mass is 347 g/mol. The van der Waals surface area contributed by atoms with Crippen molar-refractivity contribution in [3.05, 3.63) is 55.4 Å². The molecule has 0 unspecified atom stereocenters. The molecule has 0 radical (unpaired) electrons. The maximum atomic E-state index is 13.0. The predicted molar refractivity (Wildman–Crippen MR) is 78.8 cm³/mol. The molecular formula is C13H12BrClFNS. The van der Waals surface area contributed by atoms with Crippen LogP contribution in [0.25, 0.3) is 0 Å². The minimum Gasteiger partial charge on any atom is -0.312 e. The highest BCUT2D eigenvalue weighted by Gasteiger charge is 2.02. The zero-order valence-corrected chi connectivity index (χ0v) is 12.7. The van der Waals surface area contributed by atoms with Gasteiger partial charge >= 0.3 is 0 Å². The first-order valence-electron chi connectivity index (χ1n) is 5.54. The van der Waals surface area contributed by atoms with Gasteiger partial charge in [0.15, 0.2) is 0 Å². The Morgan fingerprint density at radius 1 is 1.28 bits per heavy atom. The number of halogens is 3. The molecule has 0 aliphatic rings. The van der Waals surface area contributed by atoms with Gasteiger partial charge in [-0.25, -0.2) is 4.39 Å². The van der Waals surface area contributed by atoms with Gasteiger partial charge in [0.2, 0.25) is 0 Å². The fraction of sp³-hybridized carbons (Fsp3) is 0.231. The molecule has 0 aliphatic heterocycles. The predicted octanol–water partition coefficient (Wildman–Crippen LogP) is 4.64. The van der Waals surface area contributed by atoms with Crippen LogP contribution in [0.3, 0.4) is 0 Å². The molecule has 96 valence electrons. The van der Waals surface area contributed by atoms with Crippen molar-refractivity contribution < 1.29 is 4.39 Å². The van der Waals surface area contributed by atoms with Crippen LogP contribution in [-0.4, -0.2) is 6.54 Å². The highest BCUT2D eigenvalue weighted by molar-refractivity contribution is 9.11. The third-order valence-corrected chi connectivity index (χ3v) is 4.55. The molecule has 0 saturated heterocycles. The van der Waals surface area contributed by atoms with E-state index in [-0.39, 0.29) is 5.82 Å². The number of rotatable bonds is 5. The summed E-state index contributed by atoms with van der Waals surface area (Å²) in [7, 11) is 0. The summed E-state index contributed by atoms with van der Waals surface area (Å²) in [6.07, 6.45) is 0.962. The number of hydrogen-bond acceptors (Lipinski definition) is 2. The first-order valence-corrected chi connectivity index (χ1v) is 7.53. The Hall–Kier alpha value is -0.420. The van der Waals surface area contributed by atoms with Gasteiger partial charge in [-0.1, -0.05) is 11.6 Å². The Labute approximate surface area is 123 Å². The van der Waals surface area contributed by atoms with E-state index in [0.717, 1.165) is 22.3 Å². The highest BCUT2D eigenvalue weighted by Crippen LogP contribution is 2.22. The summed E-state index contributed by atoms with van der Waals surface area (Å²) in [4.78, 5) is 1.32. The molecule has 5 heteroatoms. The smallest absolute Gasteiger partial charge is 0.123 e. The molecule has 0 atom stereocenters. The summed E-state index contributed by atoms with van der Waals surface area (Å²) < 4.78 is 14.2. The fourth-order valence-corrected chi connectivity index (χ4v) is 3.27. The fourth-order valence-electron chi connectivity index (χ4n) is 1.60. The van der Waals surface area contributed by atoms with Gasteiger partial charge in [-0.15, -0.1) is 11.3 Å². The number of thiophene rings is 1. The van der Waals surface area contributed by atoms with E-state index < -0.39 is 0 Å². The maximum absolute atomic E-state index is 13.0. The largest absolute Gasteiger partial charge is 0.312 e. The van der Waals surface area contributed by atoms with E-state index in [0.29, 0.717) is 11.6 Å². The van der Waals surface area contributed by atoms with Gasteiger partial charge in [0.25, 0.3) is 0 Å². The van der Waals surface area contributed by atoms with Crippen molar-refractivity contribution in [3.8, 4) is 0 Å². The Bertz CT molecular complexity index is 529. The first-order chi connectivity index (χ1) is 8.65. The zero-order valence-electron chi connectivity index (χ0n) is 9.55. The third-order valence-electron chi connectivity index (χ3n) is 2.50. The van der Waals surface area contributed by atoms with Gasteiger partial charge in [-0.2, -0.15) is 0 Å². The summed E-state index contributed by atoms with van der Waals surface area (Å²) in [5, 5.41) is 3.87. The molecule has 18 heavy (non-hydrogen) atoms. The second-order valence-electron chi connectivity index (χ2n) is 3.87. The maximum Gasteiger partial charge on any atom is 0.123 e. The van der Waals surface area contributed by atoms with Crippen LogP contribution in [0.2, 0.25) is 5.02 Å². The van der Waals surface area contributed by atoms with Crippen molar-refractivity contribution in [2.75, 3.05) is 6.54 Å². The quantitative estimate of drug-likeness (QED) is 0.777. The molecule has 2 aromatic rings. The third kappa shape index (κ3) is 4.05. The standard InChI is InChI=1S/C13H12BrClFNS/c14-13-4-2-11(18-13)5-6-17-8-9-7-10(16)1-3-12(9)15/h1-4,7,17H,5-6,8H2. The summed E-state index contributed by atoms with van der Waals surface area (Å²) in [5.74, 6) is -0.251. The van der Waals surface area contributed by atoms with Gasteiger partial charge in [0, 0.05) is 23.0 Å². The molecule has 0 amide bonds. The minimum absolute atomic E-state index is 0.251. The molecule has 1 nitrogen and oxygen atoms in total. The van der Waals surface area contributed by atoms with Gasteiger partial charge < -0.3 is 5.32 Å². The molecule has 1 aromatic carbocycles. The van der Waals surface area contributed by atoms with E-state index in [1.54, 1.807) is 17.4 Å². The van der Waals surface area contributed by atoms with Crippen LogP contribution in [0.15, 0.2) is 34.1 Å². The van der Waals surface area contributed by atoms with E-state index in [4.69, 9.17) is 11.6 Å². The molecule has 0 fully saturated rings. The van der Waals surface area contributed by atoms with Gasteiger partial charge in [-0.3, -0.25) is 0 Å². The van der Waals surface area contributed by atoms with Gasteiger partial charge in [0.1, 0.15) is 5.82 Å². The van der Waals surface area contributed by atoms with Crippen molar-refractivity contribution in [1.29, 1.82) is 0 Å². The van der Waals surface area contributed by atoms with Crippen LogP contribution in [-0.2, 0) is 13.0 Å². The second kappa shape index (κ2) is 6.66. The lowest BCUT2D eigenvalue weighted by Crippen LogP contribution is -2.16. The molecule has 1 aromatic heterocycles. The van der Waals surface area contributed by atoms with Crippen LogP contribution in [0, 0.1) is 5.82 Å². The van der Waals surface area contributed by atoms with E-state index in [1.807, 2.05) is 6.07 Å². The Balaban J connectivity index is 1.80. The summed E-state index contributed by atoms with van der Waals surface area (Å²) in [5.41, 5.74) is 0.795. The lowest BCUT2D eigenvalue weighted by atomic mass is 10.2. The molecule has 0 saturated carbocycles. The molecule has 0 aliphatic carbocycles. The molecule has 0 spiro atoms. The zero-order chi connectivity index (χ0) is 13.0. The molecule has 2 rings (SSSR count). The lowest BCUT2D eigenvalue weighted by molar-refractivity contribution is 0.620. The Kier molecular flexibility index (Phi) is 5.18. The van der Waals surface area contributed by atoms with Crippen LogP contribution in [0.4, 0.5) is 4.39 Å². The van der Waals surface area contributed by atoms with Crippen LogP contribution < -0.4 is 5.32 Å². The molecule has 0 bridgehead atoms. The van der Waals surface area contributed by atoms with Crippen molar-refractivity contribution in [3.63, 3.8) is 0 Å². The van der Waals surface area contributed by atoms with E-state index in [1.165, 1.54) is 17.0 Å². The number of benzene rings is 1. The lowest BCUT2D eigenvalue weighted by Gasteiger charge is -2.06. The van der Waals surface area contributed by atoms with Crippen molar-refractivity contribution >= 4 is 38.9 Å². The van der Waals surface area contributed by atoms with Gasteiger partial charge in [-0.05, 0) is 58.2 Å². The average Bonchev–Trinajstić information content (AvgIpc) is 2.75. The second-order valence-corrected chi connectivity index (χ2v) is 6.82. The summed E-state index contributed by atoms with van der Waals surface area (Å²) >= 11 is 11.1. The SMILES string of the molecule is Fc1ccc(Cl)c(CNCCc2ccc(Br)s2)c1. The van der Waals surface area contributed by atoms with Crippen LogP contribution in [0.1, 0.15) is 10.4 Å². The summed E-state index contributed by atoms with van der Waals surface area (Å²) in [6, 6.07) is 8.57. The molecule has 1 N–H and O–H groups in total. The van der Waals surface area contributed by atoms with E-state index >= 15 is 0 Å². The average molecular weight is 349 g/mol. The topological polar surface area (TPSA) is 12.0 Å². The van der Waals surface area contributed by atoms with Gasteiger partial charge in [0.05, 0.1) is 3.79 Å². The first kappa shape index (κ1) is 14.0. The Morgan fingerprint density at radius 3 is 2.83 bits per heavy atom. The van der Waals surface area contributed by atoms with Crippen LogP contribution in [0.5, 0.6) is 0 Å². The minimum atomic E-state index is -0.251. The van der Waals surface area contributed by atoms with Crippen molar-refractivity contribution in [1.82, 2.24) is 5.32 Å². The highest BCUT2D eigenvalue weighted by atomic mass is 79.9. The Morgan fingerprint density at radius 2 is 2.11 bits per heavy atom. The number of nitrogens with one attached hydrogen (secondary N) is 1.